The average Bonchev–Trinajstić information content (AvgIpc) is 2.94. The first-order chi connectivity index (χ1) is 13.4. The number of allylic oxidation sites excluding steroid dienone is 1. The molecular formula is C22H20ClNO4. The van der Waals surface area contributed by atoms with E-state index in [9.17, 15) is 9.59 Å². The van der Waals surface area contributed by atoms with Crippen LogP contribution < -0.4 is 9.64 Å². The van der Waals surface area contributed by atoms with E-state index in [1.807, 2.05) is 25.1 Å². The summed E-state index contributed by atoms with van der Waals surface area (Å²) in [7, 11) is 2.88. The minimum Gasteiger partial charge on any atom is -0.497 e. The van der Waals surface area contributed by atoms with Crippen LogP contribution >= 0.6 is 11.6 Å². The molecule has 5 nitrogen and oxygen atoms in total. The van der Waals surface area contributed by atoms with Gasteiger partial charge in [-0.3, -0.25) is 9.69 Å². The number of amides is 1. The second-order valence-corrected chi connectivity index (χ2v) is 6.76. The number of esters is 1. The molecule has 0 aromatic heterocycles. The molecule has 2 aromatic rings. The van der Waals surface area contributed by atoms with Crippen molar-refractivity contribution in [3.8, 4) is 5.75 Å². The van der Waals surface area contributed by atoms with E-state index in [4.69, 9.17) is 21.1 Å². The van der Waals surface area contributed by atoms with Gasteiger partial charge in [0.15, 0.2) is 0 Å². The molecule has 1 aliphatic rings. The monoisotopic (exact) mass is 397 g/mol. The van der Waals surface area contributed by atoms with E-state index < -0.39 is 5.97 Å². The van der Waals surface area contributed by atoms with Crippen LogP contribution in [0.2, 0.25) is 5.02 Å². The summed E-state index contributed by atoms with van der Waals surface area (Å²) in [6, 6.07) is 12.6. The number of aryl methyl sites for hydroxylation is 1. The Balaban J connectivity index is 2.11. The van der Waals surface area contributed by atoms with Crippen LogP contribution in [0.15, 0.2) is 59.3 Å². The molecule has 2 aromatic carbocycles. The number of benzene rings is 2. The van der Waals surface area contributed by atoms with Gasteiger partial charge in [0.05, 0.1) is 31.1 Å². The number of carbonyl (C=O) groups excluding carboxylic acids is 2. The third kappa shape index (κ3) is 3.53. The van der Waals surface area contributed by atoms with E-state index in [-0.39, 0.29) is 17.1 Å². The Morgan fingerprint density at radius 2 is 1.75 bits per heavy atom. The fourth-order valence-corrected chi connectivity index (χ4v) is 3.25. The SMILES string of the molecule is COC(=O)C1=C(C)N(c2ccc(C)c(Cl)c2)C(=O)/C1=C\c1ccc(OC)cc1. The summed E-state index contributed by atoms with van der Waals surface area (Å²) in [4.78, 5) is 27.1. The molecule has 0 fully saturated rings. The molecule has 0 N–H and O–H groups in total. The molecule has 0 atom stereocenters. The molecule has 1 heterocycles. The molecule has 0 spiro atoms. The van der Waals surface area contributed by atoms with Gasteiger partial charge in [-0.05, 0) is 55.3 Å². The Kier molecular flexibility index (Phi) is 5.56. The predicted octanol–water partition coefficient (Wildman–Crippen LogP) is 4.53. The molecule has 28 heavy (non-hydrogen) atoms. The molecule has 0 saturated heterocycles. The van der Waals surface area contributed by atoms with Crippen LogP contribution in [0.3, 0.4) is 0 Å². The molecular weight excluding hydrogens is 378 g/mol. The lowest BCUT2D eigenvalue weighted by molar-refractivity contribution is -0.136. The van der Waals surface area contributed by atoms with Crippen molar-refractivity contribution in [1.82, 2.24) is 0 Å². The summed E-state index contributed by atoms with van der Waals surface area (Å²) in [5.74, 6) is -0.171. The lowest BCUT2D eigenvalue weighted by Gasteiger charge is -2.18. The highest BCUT2D eigenvalue weighted by atomic mass is 35.5. The van der Waals surface area contributed by atoms with Crippen molar-refractivity contribution in [1.29, 1.82) is 0 Å². The minimum atomic E-state index is -0.564. The maximum atomic E-state index is 13.2. The van der Waals surface area contributed by atoms with Crippen LogP contribution in [-0.2, 0) is 14.3 Å². The third-order valence-electron chi connectivity index (χ3n) is 4.63. The Labute approximate surface area is 168 Å². The highest BCUT2D eigenvalue weighted by Crippen LogP contribution is 2.36. The molecule has 144 valence electrons. The van der Waals surface area contributed by atoms with Crippen molar-refractivity contribution in [3.63, 3.8) is 0 Å². The number of carbonyl (C=O) groups is 2. The largest absolute Gasteiger partial charge is 0.497 e. The molecule has 0 radical (unpaired) electrons. The summed E-state index contributed by atoms with van der Waals surface area (Å²) < 4.78 is 10.1. The van der Waals surface area contributed by atoms with Gasteiger partial charge in [0.1, 0.15) is 5.75 Å². The summed E-state index contributed by atoms with van der Waals surface area (Å²) in [5.41, 5.74) is 3.27. The first kappa shape index (κ1) is 19.7. The van der Waals surface area contributed by atoms with Gasteiger partial charge in [0, 0.05) is 10.7 Å². The van der Waals surface area contributed by atoms with E-state index in [1.54, 1.807) is 44.4 Å². The average molecular weight is 398 g/mol. The molecule has 0 aliphatic carbocycles. The van der Waals surface area contributed by atoms with Crippen molar-refractivity contribution in [2.45, 2.75) is 13.8 Å². The van der Waals surface area contributed by atoms with Crippen molar-refractivity contribution >= 4 is 35.2 Å². The van der Waals surface area contributed by atoms with Gasteiger partial charge in [-0.1, -0.05) is 29.8 Å². The van der Waals surface area contributed by atoms with E-state index in [2.05, 4.69) is 0 Å². The van der Waals surface area contributed by atoms with E-state index >= 15 is 0 Å². The van der Waals surface area contributed by atoms with E-state index in [0.717, 1.165) is 11.1 Å². The van der Waals surface area contributed by atoms with E-state index in [1.165, 1.54) is 12.0 Å². The summed E-state index contributed by atoms with van der Waals surface area (Å²) in [6.07, 6.45) is 1.67. The molecule has 1 amide bonds. The molecule has 0 saturated carbocycles. The number of methoxy groups -OCH3 is 2. The third-order valence-corrected chi connectivity index (χ3v) is 5.04. The molecule has 0 unspecified atom stereocenters. The number of rotatable bonds is 4. The number of nitrogens with zero attached hydrogens (tertiary/aromatic N) is 1. The van der Waals surface area contributed by atoms with Crippen molar-refractivity contribution in [2.75, 3.05) is 19.1 Å². The fraction of sp³-hybridized carbons (Fsp3) is 0.182. The van der Waals surface area contributed by atoms with Gasteiger partial charge in [-0.2, -0.15) is 0 Å². The van der Waals surface area contributed by atoms with Gasteiger partial charge >= 0.3 is 5.97 Å². The van der Waals surface area contributed by atoms with Crippen LogP contribution in [0.1, 0.15) is 18.1 Å². The second-order valence-electron chi connectivity index (χ2n) is 6.36. The molecule has 3 rings (SSSR count). The van der Waals surface area contributed by atoms with Crippen LogP contribution in [0.25, 0.3) is 6.08 Å². The van der Waals surface area contributed by atoms with Crippen LogP contribution in [0, 0.1) is 6.92 Å². The molecule has 6 heteroatoms. The first-order valence-electron chi connectivity index (χ1n) is 8.63. The topological polar surface area (TPSA) is 55.8 Å². The zero-order valence-corrected chi connectivity index (χ0v) is 16.8. The van der Waals surface area contributed by atoms with Gasteiger partial charge in [0.25, 0.3) is 5.91 Å². The first-order valence-corrected chi connectivity index (χ1v) is 9.01. The highest BCUT2D eigenvalue weighted by Gasteiger charge is 2.38. The lowest BCUT2D eigenvalue weighted by atomic mass is 10.0. The maximum absolute atomic E-state index is 13.2. The summed E-state index contributed by atoms with van der Waals surface area (Å²) in [5, 5.41) is 0.547. The minimum absolute atomic E-state index is 0.236. The van der Waals surface area contributed by atoms with E-state index in [0.29, 0.717) is 22.2 Å². The normalized spacial score (nSPS) is 15.4. The Morgan fingerprint density at radius 1 is 1.07 bits per heavy atom. The number of anilines is 1. The van der Waals surface area contributed by atoms with Gasteiger partial charge < -0.3 is 9.47 Å². The number of hydrogen-bond acceptors (Lipinski definition) is 4. The summed E-state index contributed by atoms with van der Waals surface area (Å²) in [6.45, 7) is 3.60. The standard InChI is InChI=1S/C22H20ClNO4/c1-13-5-8-16(12-19(13)23)24-14(2)20(22(26)28-4)18(21(24)25)11-15-6-9-17(27-3)10-7-15/h5-12H,1-4H3/b18-11-. The predicted molar refractivity (Wildman–Crippen MR) is 109 cm³/mol. The van der Waals surface area contributed by atoms with Crippen molar-refractivity contribution < 1.29 is 19.1 Å². The zero-order valence-electron chi connectivity index (χ0n) is 16.1. The van der Waals surface area contributed by atoms with Crippen molar-refractivity contribution in [2.24, 2.45) is 0 Å². The summed E-state index contributed by atoms with van der Waals surface area (Å²) >= 11 is 6.24. The number of halogens is 1. The van der Waals surface area contributed by atoms with Crippen LogP contribution in [0.4, 0.5) is 5.69 Å². The van der Waals surface area contributed by atoms with Gasteiger partial charge in [-0.25, -0.2) is 4.79 Å². The van der Waals surface area contributed by atoms with Gasteiger partial charge in [0.2, 0.25) is 0 Å². The lowest BCUT2D eigenvalue weighted by Crippen LogP contribution is -2.24. The van der Waals surface area contributed by atoms with Gasteiger partial charge in [-0.15, -0.1) is 0 Å². The Morgan fingerprint density at radius 3 is 2.32 bits per heavy atom. The van der Waals surface area contributed by atoms with Crippen molar-refractivity contribution in [3.05, 3.63) is 75.5 Å². The fourth-order valence-electron chi connectivity index (χ4n) is 3.08. The van der Waals surface area contributed by atoms with Crippen LogP contribution in [0.5, 0.6) is 5.75 Å². The Bertz CT molecular complexity index is 1010. The molecule has 0 bridgehead atoms. The smallest absolute Gasteiger partial charge is 0.340 e. The van der Waals surface area contributed by atoms with Crippen LogP contribution in [-0.4, -0.2) is 26.1 Å². The quantitative estimate of drug-likeness (QED) is 0.561. The second kappa shape index (κ2) is 7.90. The number of ether oxygens (including phenoxy) is 2. The molecule has 1 aliphatic heterocycles. The maximum Gasteiger partial charge on any atom is 0.340 e. The highest BCUT2D eigenvalue weighted by molar-refractivity contribution is 6.32. The Hall–Kier alpha value is -3.05. The zero-order chi connectivity index (χ0) is 20.4. The number of hydrogen-bond donors (Lipinski definition) is 0.